The fraction of sp³-hybridized carbons (Fsp3) is 0.732. The first-order chi connectivity index (χ1) is 70.3. The lowest BCUT2D eigenvalue weighted by atomic mass is 10.1. The van der Waals surface area contributed by atoms with E-state index in [1.54, 1.807) is 0 Å². The molecule has 0 atom stereocenters. The second-order valence-corrected chi connectivity index (χ2v) is 40.5. The minimum absolute atomic E-state index is 0.736. The van der Waals surface area contributed by atoms with Crippen LogP contribution in [0.4, 0.5) is 0 Å². The number of piperazine rings is 3. The predicted octanol–water partition coefficient (Wildman–Crippen LogP) is 3.71. The Morgan fingerprint density at radius 1 is 0.183 bits per heavy atom. The average Bonchev–Trinajstić information content (AvgIpc) is 1.59. The Labute approximate surface area is 864 Å². The zero-order valence-electron chi connectivity index (χ0n) is 89.7. The number of nitrogens with two attached hydrogens (primary N) is 2. The van der Waals surface area contributed by atoms with Crippen LogP contribution in [0.3, 0.4) is 0 Å². The van der Waals surface area contributed by atoms with Crippen molar-refractivity contribution in [2.75, 3.05) is 407 Å². The van der Waals surface area contributed by atoms with E-state index in [1.807, 2.05) is 0 Å². The molecule has 16 rings (SSSR count). The molecule has 11 fully saturated rings. The van der Waals surface area contributed by atoms with Crippen LogP contribution in [-0.2, 0) is 32.7 Å². The van der Waals surface area contributed by atoms with Crippen LogP contribution in [0.15, 0.2) is 152 Å². The zero-order chi connectivity index (χ0) is 99.0. The topological polar surface area (TPSA) is 275 Å². The van der Waals surface area contributed by atoms with E-state index in [1.165, 1.54) is 229 Å². The molecule has 5 aromatic rings. The van der Waals surface area contributed by atoms with Gasteiger partial charge in [0.25, 0.3) is 0 Å². The summed E-state index contributed by atoms with van der Waals surface area (Å²) in [6.07, 6.45) is 18.0. The Morgan fingerprint density at radius 3 is 0.662 bits per heavy atom. The molecule has 30 heteroatoms. The van der Waals surface area contributed by atoms with E-state index in [4.69, 9.17) is 11.5 Å². The van der Waals surface area contributed by atoms with Gasteiger partial charge in [-0.25, -0.2) is 0 Å². The van der Waals surface area contributed by atoms with Crippen LogP contribution < -0.4 is 91.2 Å². The summed E-state index contributed by atoms with van der Waals surface area (Å²) in [5.74, 6) is 0. The van der Waals surface area contributed by atoms with Crippen LogP contribution in [0.1, 0.15) is 111 Å². The Bertz CT molecular complexity index is 3270. The Morgan fingerprint density at radius 2 is 0.380 bits per heavy atom. The largest absolute Gasteiger partial charge is 0.330 e. The van der Waals surface area contributed by atoms with E-state index in [-0.39, 0.29) is 0 Å². The van der Waals surface area contributed by atoms with E-state index in [9.17, 15) is 0 Å². The number of benzene rings is 5. The van der Waals surface area contributed by atoms with Crippen molar-refractivity contribution in [2.24, 2.45) is 11.5 Å². The molecule has 142 heavy (non-hydrogen) atoms. The third kappa shape index (κ3) is 58.2. The van der Waals surface area contributed by atoms with Crippen LogP contribution in [0, 0.1) is 0 Å². The first-order valence-electron chi connectivity index (χ1n) is 56.9. The molecule has 5 aromatic carbocycles. The SMILES string of the molecule is C1CN2CCN3CCN4CCN1C2C43.C1CNCCNCCNCCN1.CN1CCCNCCN(C)CCCNCC1.NCCCN1CCN(CCCN)CC1.c1ccc(CN2CCCCCCCNCCC2)cc1.c1ccc(CN2CCCNCCN(Cc3ccccc3)CCCNCC2)cc1.c1ccc(CN2CCNCCCNCCNCC2)cc1.c1ccc(CN2CCNCCNCCNCC2)cc1. The smallest absolute Gasteiger partial charge is 0.0923 e. The lowest BCUT2D eigenvalue weighted by Gasteiger charge is -2.49. The zero-order valence-corrected chi connectivity index (χ0v) is 89.7. The first-order valence-corrected chi connectivity index (χ1v) is 56.9. The highest BCUT2D eigenvalue weighted by atomic mass is 15.6. The highest BCUT2D eigenvalue weighted by Gasteiger charge is 2.51. The Balaban J connectivity index is 0.000000183. The Hall–Kier alpha value is -5.10. The van der Waals surface area contributed by atoms with Gasteiger partial charge in [-0.15, -0.1) is 0 Å². The van der Waals surface area contributed by atoms with Crippen LogP contribution in [-0.4, -0.2) is 483 Å². The van der Waals surface area contributed by atoms with Crippen molar-refractivity contribution in [2.45, 2.75) is 129 Å². The molecule has 0 bridgehead atoms. The maximum absolute atomic E-state index is 5.49. The molecule has 0 unspecified atom stereocenters. The molecule has 0 radical (unpaired) electrons. The van der Waals surface area contributed by atoms with Gasteiger partial charge in [-0.05, 0) is 224 Å². The van der Waals surface area contributed by atoms with Gasteiger partial charge < -0.3 is 111 Å². The minimum atomic E-state index is 0.736. The molecule has 11 aliphatic rings. The van der Waals surface area contributed by atoms with E-state index in [0.717, 1.165) is 320 Å². The predicted molar refractivity (Wildman–Crippen MR) is 602 cm³/mol. The number of likely N-dealkylation sites (N-methyl/N-ethyl adjacent to an activating group) is 2. The molecular weight excluding hydrogens is 1770 g/mol. The Kier molecular flexibility index (Phi) is 70.2. The maximum Gasteiger partial charge on any atom is 0.0923 e. The summed E-state index contributed by atoms with van der Waals surface area (Å²) in [5.41, 5.74) is 18.0. The van der Waals surface area contributed by atoms with Gasteiger partial charge in [0.2, 0.25) is 0 Å². The quantitative estimate of drug-likeness (QED) is 0.0671. The monoisotopic (exact) mass is 1970 g/mol. The van der Waals surface area contributed by atoms with Crippen LogP contribution in [0.5, 0.6) is 0 Å². The molecule has 0 spiro atoms. The molecule has 11 aliphatic heterocycles. The summed E-state index contributed by atoms with van der Waals surface area (Å²) in [6.45, 7) is 73.3. The summed E-state index contributed by atoms with van der Waals surface area (Å²) >= 11 is 0. The molecule has 806 valence electrons. The second kappa shape index (κ2) is 82.7. The van der Waals surface area contributed by atoms with Crippen molar-refractivity contribution in [3.05, 3.63) is 179 Å². The highest BCUT2D eigenvalue weighted by molar-refractivity contribution is 5.18. The summed E-state index contributed by atoms with van der Waals surface area (Å²) in [5, 5.41) is 52.2. The number of nitrogens with one attached hydrogen (secondary N) is 15. The van der Waals surface area contributed by atoms with Crippen molar-refractivity contribution in [3.8, 4) is 0 Å². The van der Waals surface area contributed by atoms with E-state index in [0.29, 0.717) is 0 Å². The van der Waals surface area contributed by atoms with Gasteiger partial charge in [0.15, 0.2) is 0 Å². The standard InChI is InChI=1S/C24H36N4.C17H28N2.C16H28N4.C15H26N4.C12H28N4.C10H18N4.C10H24N4.C8H20N4/c1-3-9-23(10-4-1)21-27-17-7-13-26-16-20-28(18-8-14-25-15-19-27)22-24-11-5-2-6-12-24;1-2-7-12-18-13-9-15-19(14-8-3-1)16-17-10-5-4-6-11-17;1-2-5-16(6-3-1)15-20-13-11-18-8-4-7-17-9-10-19-12-14-20;1-2-4-15(5-3-1)14-19-12-10-17-8-6-16-7-9-18-11-13-19;1-15-9-3-5-14-8-12-16(2)10-4-6-13-7-11-15;1-2-12-7-8-14-4-3-13-6-5-11(1)9(12)10(13)14;11-3-1-5-13-7-9-14(10-8-13)6-2-4-12;1-2-10-5-6-12-8-7-11-4-3-9-1/h1-6,9-12,25-26H,7-8,13-22H2;4-6,10-11,18H,1-3,7-9,12-16H2;1-3,5-6,17-19H,4,7-15H2;1-5,16-18H,6-14H2;13-14H,3-12H2,1-2H3;9-10H,1-8H2;1-12H2;9-12H,1-8H2. The molecule has 0 saturated carbocycles. The van der Waals surface area contributed by atoms with Gasteiger partial charge in [0.1, 0.15) is 0 Å². The van der Waals surface area contributed by atoms with Crippen molar-refractivity contribution in [1.82, 2.24) is 143 Å². The highest BCUT2D eigenvalue weighted by Crippen LogP contribution is 2.33. The molecular formula is C112H208N30. The average molecular weight is 1980 g/mol. The van der Waals surface area contributed by atoms with Gasteiger partial charge in [-0.1, -0.05) is 171 Å². The van der Waals surface area contributed by atoms with E-state index >= 15 is 0 Å². The third-order valence-electron chi connectivity index (χ3n) is 28.7. The van der Waals surface area contributed by atoms with E-state index < -0.39 is 0 Å². The molecule has 11 heterocycles. The van der Waals surface area contributed by atoms with Crippen LogP contribution in [0.2, 0.25) is 0 Å². The molecule has 0 amide bonds. The summed E-state index contributed by atoms with van der Waals surface area (Å²) < 4.78 is 0. The summed E-state index contributed by atoms with van der Waals surface area (Å²) in [4.78, 5) is 33.4. The fourth-order valence-electron chi connectivity index (χ4n) is 20.2. The van der Waals surface area contributed by atoms with Crippen LogP contribution >= 0.6 is 0 Å². The maximum atomic E-state index is 5.49. The van der Waals surface area contributed by atoms with Gasteiger partial charge in [-0.3, -0.25) is 44.1 Å². The van der Waals surface area contributed by atoms with Crippen molar-refractivity contribution >= 4 is 0 Å². The minimum Gasteiger partial charge on any atom is -0.330 e. The van der Waals surface area contributed by atoms with E-state index in [2.05, 4.69) is 309 Å². The van der Waals surface area contributed by atoms with Gasteiger partial charge in [-0.2, -0.15) is 0 Å². The fourth-order valence-corrected chi connectivity index (χ4v) is 20.2. The van der Waals surface area contributed by atoms with Crippen molar-refractivity contribution < 1.29 is 0 Å². The molecule has 11 saturated heterocycles. The summed E-state index contributed by atoms with van der Waals surface area (Å²) in [6, 6.07) is 54.1. The third-order valence-corrected chi connectivity index (χ3v) is 28.7. The van der Waals surface area contributed by atoms with Crippen LogP contribution in [0.25, 0.3) is 0 Å². The summed E-state index contributed by atoms with van der Waals surface area (Å²) in [7, 11) is 4.42. The van der Waals surface area contributed by atoms with Gasteiger partial charge in [0.05, 0.1) is 12.3 Å². The molecule has 0 aromatic heterocycles. The first kappa shape index (κ1) is 120. The number of nitrogens with zero attached hydrogens (tertiary/aromatic N) is 13. The lowest BCUT2D eigenvalue weighted by Crippen LogP contribution is -2.66. The lowest BCUT2D eigenvalue weighted by molar-refractivity contribution is -0.0745. The molecule has 30 nitrogen and oxygen atoms in total. The number of hydrogen-bond acceptors (Lipinski definition) is 30. The van der Waals surface area contributed by atoms with Gasteiger partial charge in [0, 0.05) is 308 Å². The number of hydrogen-bond donors (Lipinski definition) is 17. The normalized spacial score (nSPS) is 23.4. The molecule has 19 N–H and O–H groups in total. The molecule has 0 aliphatic carbocycles. The van der Waals surface area contributed by atoms with Gasteiger partial charge >= 0.3 is 0 Å². The van der Waals surface area contributed by atoms with Crippen molar-refractivity contribution in [1.29, 1.82) is 0 Å². The second-order valence-electron chi connectivity index (χ2n) is 40.5. The van der Waals surface area contributed by atoms with Crippen molar-refractivity contribution in [3.63, 3.8) is 0 Å². The number of rotatable bonds is 16.